The molecular weight excluding hydrogens is 1060 g/mol. The number of carbonyl (C=O) groups excluding carboxylic acids is 4. The normalized spacial score (nSPS) is 19.2. The molecule has 2 saturated heterocycles. The summed E-state index contributed by atoms with van der Waals surface area (Å²) in [5.74, 6) is -2.15. The molecule has 4 aromatic heterocycles. The van der Waals surface area contributed by atoms with Gasteiger partial charge in [-0.25, -0.2) is 28.3 Å². The quantitative estimate of drug-likeness (QED) is 0.165. The molecule has 6 aromatic rings. The summed E-state index contributed by atoms with van der Waals surface area (Å²) in [5, 5.41) is 2.71. The second kappa shape index (κ2) is 20.7. The monoisotopic (exact) mass is 1120 g/mol. The van der Waals surface area contributed by atoms with Gasteiger partial charge in [-0.1, -0.05) is 87.3 Å². The Bertz CT molecular complexity index is 3630. The minimum absolute atomic E-state index is 0.0312. The number of piperazine rings is 2. The van der Waals surface area contributed by atoms with Crippen molar-refractivity contribution in [2.45, 2.75) is 130 Å². The molecular formula is C57H64Cl2F2N10O8. The summed E-state index contributed by atoms with van der Waals surface area (Å²) in [6.07, 6.45) is -1.05. The van der Waals surface area contributed by atoms with E-state index < -0.39 is 64.1 Å². The topological polar surface area (TPSA) is 185 Å². The third-order valence-corrected chi connectivity index (χ3v) is 15.0. The van der Waals surface area contributed by atoms with Gasteiger partial charge >= 0.3 is 12.2 Å². The first-order valence-electron chi connectivity index (χ1n) is 26.2. The third kappa shape index (κ3) is 10.2. The van der Waals surface area contributed by atoms with E-state index in [1.54, 1.807) is 69.5 Å². The molecule has 0 saturated carbocycles. The van der Waals surface area contributed by atoms with Crippen molar-refractivity contribution in [3.8, 4) is 11.4 Å². The number of halogens is 4. The molecule has 4 aliphatic heterocycles. The van der Waals surface area contributed by atoms with Gasteiger partial charge in [0.1, 0.15) is 34.7 Å². The maximum Gasteiger partial charge on any atom is 0.410 e. The number of nitrogens with one attached hydrogen (secondary N) is 1. The minimum atomic E-state index is -0.818. The number of aromatic nitrogens is 4. The first-order chi connectivity index (χ1) is 37.0. The number of benzene rings is 2. The third-order valence-electron chi connectivity index (χ3n) is 14.5. The number of carbonyl (C=O) groups is 4. The molecule has 8 heterocycles. The molecule has 4 aliphatic rings. The molecule has 10 rings (SSSR count). The van der Waals surface area contributed by atoms with Crippen LogP contribution in [-0.2, 0) is 19.1 Å². The van der Waals surface area contributed by atoms with E-state index in [0.29, 0.717) is 33.5 Å². The van der Waals surface area contributed by atoms with Crippen LogP contribution in [0.1, 0.15) is 106 Å². The number of hydrogen-bond donors (Lipinski definition) is 1. The number of ether oxygens (including phenoxy) is 2. The van der Waals surface area contributed by atoms with E-state index >= 15 is 4.39 Å². The van der Waals surface area contributed by atoms with Crippen LogP contribution in [0.15, 0.2) is 70.3 Å². The molecule has 0 spiro atoms. The largest absolute Gasteiger partial charge is 0.444 e. The number of likely N-dealkylation sites (N-methyl/N-ethyl adjacent to an activating group) is 1. The van der Waals surface area contributed by atoms with Gasteiger partial charge in [0, 0.05) is 43.0 Å². The molecule has 4 atom stereocenters. The maximum atomic E-state index is 15.0. The van der Waals surface area contributed by atoms with Crippen LogP contribution in [0.2, 0.25) is 10.3 Å². The highest BCUT2D eigenvalue weighted by Gasteiger charge is 2.48. The van der Waals surface area contributed by atoms with E-state index in [1.807, 2.05) is 71.9 Å². The Kier molecular flexibility index (Phi) is 14.8. The zero-order valence-electron chi connectivity index (χ0n) is 46.4. The minimum Gasteiger partial charge on any atom is -0.444 e. The maximum absolute atomic E-state index is 15.0. The Hall–Kier alpha value is -7.32. The van der Waals surface area contributed by atoms with Crippen LogP contribution in [0.4, 0.5) is 41.1 Å². The van der Waals surface area contributed by atoms with Crippen molar-refractivity contribution < 1.29 is 37.4 Å². The number of rotatable bonds is 4. The standard InChI is InChI=1S/C29H33ClFN5O4.C28H31ClFN5O4/c1-15(2)17-10-8-9-11-20(17)36-25-18(12-19(31)24(30)32-25)22-23(27(36)38)33(7)26(37)21-14-34(16(3)13-35(21)22)28(39)40-29(4,5)6;1-14(2)16-9-7-8-10-19(16)35-24-17(11-18(30)23(29)32-24)22-21(26(35)37)31-25(36)20-13-33(15(3)12-34(20)22)27(38)39-28(4,5)6/h8-12,15-16,21H,13-14H2,1-7H3;7-11,14-15,20H,12-13H2,1-6H3,(H,31,36)/t16-,21-;15-,20-/m11/s1. The highest BCUT2D eigenvalue weighted by Crippen LogP contribution is 2.44. The van der Waals surface area contributed by atoms with Crippen LogP contribution in [0, 0.1) is 11.6 Å². The van der Waals surface area contributed by atoms with Crippen LogP contribution in [0.3, 0.4) is 0 Å². The van der Waals surface area contributed by atoms with Gasteiger partial charge in [0.05, 0.1) is 35.8 Å². The van der Waals surface area contributed by atoms with Crippen molar-refractivity contribution in [3.63, 3.8) is 0 Å². The van der Waals surface area contributed by atoms with Crippen molar-refractivity contribution in [2.24, 2.45) is 0 Å². The average Bonchev–Trinajstić information content (AvgIpc) is 3.46. The lowest BCUT2D eigenvalue weighted by Gasteiger charge is -2.49. The highest BCUT2D eigenvalue weighted by atomic mass is 35.5. The van der Waals surface area contributed by atoms with Gasteiger partial charge in [0.2, 0.25) is 5.91 Å². The van der Waals surface area contributed by atoms with Crippen LogP contribution < -0.4 is 31.1 Å². The smallest absolute Gasteiger partial charge is 0.410 e. The number of anilines is 4. The molecule has 418 valence electrons. The number of fused-ring (bicyclic) bond motifs is 10. The van der Waals surface area contributed by atoms with E-state index in [2.05, 4.69) is 15.3 Å². The van der Waals surface area contributed by atoms with Crippen molar-refractivity contribution in [1.82, 2.24) is 28.9 Å². The number of amides is 4. The molecule has 2 aromatic carbocycles. The van der Waals surface area contributed by atoms with Gasteiger partial charge in [-0.15, -0.1) is 0 Å². The first kappa shape index (κ1) is 56.4. The predicted molar refractivity (Wildman–Crippen MR) is 302 cm³/mol. The molecule has 79 heavy (non-hydrogen) atoms. The van der Waals surface area contributed by atoms with E-state index in [1.165, 1.54) is 43.0 Å². The summed E-state index contributed by atoms with van der Waals surface area (Å²) in [6, 6.07) is 15.0. The Morgan fingerprint density at radius 2 is 1.05 bits per heavy atom. The van der Waals surface area contributed by atoms with E-state index in [0.717, 1.165) is 11.1 Å². The summed E-state index contributed by atoms with van der Waals surface area (Å²) in [5.41, 5.74) is 1.79. The summed E-state index contributed by atoms with van der Waals surface area (Å²) < 4.78 is 43.9. The molecule has 4 amide bonds. The SMILES string of the molecule is CC(C)c1ccccc1-n1c(=O)c2c(c3cc(F)c(Cl)nc31)N1C[C@@H](C)N(C(=O)OC(C)(C)C)C[C@@H]1C(=O)N2.CC(C)c1ccccc1-n1c(=O)c2c(c3cc(F)c(Cl)nc31)N1C[C@@H](C)N(C(=O)OC(C)(C)C)C[C@@H]1C(=O)N2C. The van der Waals surface area contributed by atoms with Crippen molar-refractivity contribution in [2.75, 3.05) is 53.2 Å². The molecule has 22 heteroatoms. The second-order valence-corrected chi connectivity index (χ2v) is 23.8. The molecule has 0 aliphatic carbocycles. The van der Waals surface area contributed by atoms with Gasteiger partial charge in [-0.2, -0.15) is 0 Å². The average molecular weight is 1130 g/mol. The van der Waals surface area contributed by atoms with Crippen molar-refractivity contribution >= 4 is 92.0 Å². The lowest BCUT2D eigenvalue weighted by molar-refractivity contribution is -0.121. The molecule has 18 nitrogen and oxygen atoms in total. The number of hydrogen-bond acceptors (Lipinski definition) is 12. The van der Waals surface area contributed by atoms with E-state index in [9.17, 15) is 33.2 Å². The lowest BCUT2D eigenvalue weighted by Crippen LogP contribution is -2.66. The molecule has 0 radical (unpaired) electrons. The summed E-state index contributed by atoms with van der Waals surface area (Å²) in [4.78, 5) is 98.0. The van der Waals surface area contributed by atoms with E-state index in [4.69, 9.17) is 32.7 Å². The van der Waals surface area contributed by atoms with Crippen LogP contribution in [0.25, 0.3) is 33.4 Å². The Labute approximate surface area is 465 Å². The fourth-order valence-electron chi connectivity index (χ4n) is 10.9. The van der Waals surface area contributed by atoms with Gasteiger partial charge in [0.25, 0.3) is 17.0 Å². The Morgan fingerprint density at radius 1 is 0.633 bits per heavy atom. The van der Waals surface area contributed by atoms with Gasteiger partial charge in [0.15, 0.2) is 33.2 Å². The second-order valence-electron chi connectivity index (χ2n) is 23.1. The molecule has 0 bridgehead atoms. The molecule has 0 unspecified atom stereocenters. The van der Waals surface area contributed by atoms with Crippen molar-refractivity contribution in [3.05, 3.63) is 114 Å². The number of pyridine rings is 4. The highest BCUT2D eigenvalue weighted by molar-refractivity contribution is 6.30. The van der Waals surface area contributed by atoms with Crippen molar-refractivity contribution in [1.29, 1.82) is 0 Å². The van der Waals surface area contributed by atoms with E-state index in [-0.39, 0.29) is 89.0 Å². The predicted octanol–water partition coefficient (Wildman–Crippen LogP) is 10.2. The van der Waals surface area contributed by atoms with Gasteiger partial charge in [-0.05, 0) is 103 Å². The number of nitrogens with zero attached hydrogens (tertiary/aromatic N) is 9. The Balaban J connectivity index is 0.000000192. The Morgan fingerprint density at radius 3 is 1.51 bits per heavy atom. The van der Waals surface area contributed by atoms with Gasteiger partial charge in [-0.3, -0.25) is 28.3 Å². The summed E-state index contributed by atoms with van der Waals surface area (Å²) >= 11 is 12.3. The lowest BCUT2D eigenvalue weighted by atomic mass is 9.98. The molecule has 1 N–H and O–H groups in total. The summed E-state index contributed by atoms with van der Waals surface area (Å²) in [6.45, 7) is 22.9. The summed E-state index contributed by atoms with van der Waals surface area (Å²) in [7, 11) is 1.53. The fourth-order valence-corrected chi connectivity index (χ4v) is 11.1. The zero-order chi connectivity index (χ0) is 57.6. The fraction of sp³-hybridized carbons (Fsp3) is 0.439. The zero-order valence-corrected chi connectivity index (χ0v) is 47.9. The van der Waals surface area contributed by atoms with Gasteiger partial charge < -0.3 is 39.3 Å². The first-order valence-corrected chi connectivity index (χ1v) is 26.9. The van der Waals surface area contributed by atoms with Crippen LogP contribution >= 0.6 is 23.2 Å². The number of para-hydroxylation sites is 2. The van der Waals surface area contributed by atoms with Crippen LogP contribution in [0.5, 0.6) is 0 Å². The van der Waals surface area contributed by atoms with Crippen LogP contribution in [-0.4, -0.2) is 121 Å². The molecule has 2 fully saturated rings.